The SMILES string of the molecule is CNC1C2CC3CC1CC(c1cccc(C)c1)(C3)C2. The van der Waals surface area contributed by atoms with Crippen LogP contribution in [0.1, 0.15) is 43.2 Å². The summed E-state index contributed by atoms with van der Waals surface area (Å²) in [6.07, 6.45) is 7.27. The van der Waals surface area contributed by atoms with E-state index in [-0.39, 0.29) is 0 Å². The lowest BCUT2D eigenvalue weighted by Crippen LogP contribution is -2.59. The van der Waals surface area contributed by atoms with Gasteiger partial charge in [-0.15, -0.1) is 0 Å². The summed E-state index contributed by atoms with van der Waals surface area (Å²) in [5.41, 5.74) is 3.59. The van der Waals surface area contributed by atoms with Crippen molar-refractivity contribution in [2.75, 3.05) is 7.05 Å². The second-order valence-corrected chi connectivity index (χ2v) is 7.43. The summed E-state index contributed by atoms with van der Waals surface area (Å²) in [6.45, 7) is 2.24. The average Bonchev–Trinajstić information content (AvgIpc) is 2.38. The molecule has 102 valence electrons. The van der Waals surface area contributed by atoms with Crippen molar-refractivity contribution in [2.45, 2.75) is 50.5 Å². The maximum absolute atomic E-state index is 3.63. The molecule has 1 heteroatoms. The van der Waals surface area contributed by atoms with Crippen LogP contribution >= 0.6 is 0 Å². The summed E-state index contributed by atoms with van der Waals surface area (Å²) in [5.74, 6) is 2.86. The summed E-state index contributed by atoms with van der Waals surface area (Å²) in [5, 5.41) is 3.63. The fraction of sp³-hybridized carbons (Fsp3) is 0.667. The van der Waals surface area contributed by atoms with Crippen LogP contribution in [-0.2, 0) is 5.41 Å². The molecule has 0 heterocycles. The maximum atomic E-state index is 3.63. The van der Waals surface area contributed by atoms with Gasteiger partial charge < -0.3 is 5.32 Å². The lowest BCUT2D eigenvalue weighted by atomic mass is 9.46. The zero-order valence-corrected chi connectivity index (χ0v) is 12.2. The van der Waals surface area contributed by atoms with Crippen molar-refractivity contribution < 1.29 is 0 Å². The molecule has 0 spiro atoms. The molecule has 1 N–H and O–H groups in total. The molecule has 5 rings (SSSR count). The third-order valence-corrected chi connectivity index (χ3v) is 6.24. The molecule has 19 heavy (non-hydrogen) atoms. The van der Waals surface area contributed by atoms with Gasteiger partial charge in [-0.1, -0.05) is 29.8 Å². The van der Waals surface area contributed by atoms with Crippen LogP contribution in [0.2, 0.25) is 0 Å². The van der Waals surface area contributed by atoms with Crippen LogP contribution < -0.4 is 5.32 Å². The summed E-state index contributed by atoms with van der Waals surface area (Å²) in [7, 11) is 2.17. The van der Waals surface area contributed by atoms with Crippen LogP contribution in [0.4, 0.5) is 0 Å². The standard InChI is InChI=1S/C18H25N/c1-12-4-3-5-16(6-12)18-9-13-7-14(10-18)17(19-2)15(8-13)11-18/h3-6,13-15,17,19H,7-11H2,1-2H3. The van der Waals surface area contributed by atoms with Gasteiger partial charge in [0.2, 0.25) is 0 Å². The number of hydrogen-bond donors (Lipinski definition) is 1. The van der Waals surface area contributed by atoms with Gasteiger partial charge in [0.05, 0.1) is 0 Å². The number of benzene rings is 1. The Morgan fingerprint density at radius 1 is 1.11 bits per heavy atom. The second kappa shape index (κ2) is 4.09. The van der Waals surface area contributed by atoms with Crippen molar-refractivity contribution >= 4 is 0 Å². The molecule has 4 saturated carbocycles. The molecular weight excluding hydrogens is 230 g/mol. The van der Waals surface area contributed by atoms with Crippen LogP contribution in [-0.4, -0.2) is 13.1 Å². The molecule has 4 fully saturated rings. The van der Waals surface area contributed by atoms with E-state index < -0.39 is 0 Å². The predicted octanol–water partition coefficient (Wildman–Crippen LogP) is 3.66. The molecule has 4 bridgehead atoms. The topological polar surface area (TPSA) is 12.0 Å². The van der Waals surface area contributed by atoms with Crippen LogP contribution in [0, 0.1) is 24.7 Å². The first-order chi connectivity index (χ1) is 9.20. The number of rotatable bonds is 2. The highest BCUT2D eigenvalue weighted by molar-refractivity contribution is 5.33. The number of nitrogens with one attached hydrogen (secondary N) is 1. The van der Waals surface area contributed by atoms with E-state index in [0.29, 0.717) is 5.41 Å². The quantitative estimate of drug-likeness (QED) is 0.850. The van der Waals surface area contributed by atoms with Crippen molar-refractivity contribution in [3.63, 3.8) is 0 Å². The lowest BCUT2D eigenvalue weighted by Gasteiger charge is -2.60. The lowest BCUT2D eigenvalue weighted by molar-refractivity contribution is -0.0326. The number of aryl methyl sites for hydroxylation is 1. The van der Waals surface area contributed by atoms with Gasteiger partial charge in [0.1, 0.15) is 0 Å². The van der Waals surface area contributed by atoms with Gasteiger partial charge in [-0.2, -0.15) is 0 Å². The largest absolute Gasteiger partial charge is 0.316 e. The van der Waals surface area contributed by atoms with Crippen LogP contribution in [0.3, 0.4) is 0 Å². The average molecular weight is 255 g/mol. The minimum atomic E-state index is 0.524. The van der Waals surface area contributed by atoms with E-state index >= 15 is 0 Å². The molecule has 1 nitrogen and oxygen atoms in total. The van der Waals surface area contributed by atoms with Gasteiger partial charge in [-0.25, -0.2) is 0 Å². The van der Waals surface area contributed by atoms with Crippen molar-refractivity contribution in [1.29, 1.82) is 0 Å². The van der Waals surface area contributed by atoms with Gasteiger partial charge in [0.25, 0.3) is 0 Å². The van der Waals surface area contributed by atoms with E-state index in [2.05, 4.69) is 43.6 Å². The molecule has 0 amide bonds. The van der Waals surface area contributed by atoms with E-state index in [9.17, 15) is 0 Å². The first kappa shape index (κ1) is 12.0. The highest BCUT2D eigenvalue weighted by Crippen LogP contribution is 2.60. The van der Waals surface area contributed by atoms with E-state index in [1.54, 1.807) is 5.56 Å². The van der Waals surface area contributed by atoms with Gasteiger partial charge >= 0.3 is 0 Å². The fourth-order valence-electron chi connectivity index (χ4n) is 5.82. The normalized spacial score (nSPS) is 43.7. The first-order valence-electron chi connectivity index (χ1n) is 7.95. The van der Waals surface area contributed by atoms with Crippen molar-refractivity contribution in [3.8, 4) is 0 Å². The zero-order chi connectivity index (χ0) is 13.0. The predicted molar refractivity (Wildman–Crippen MR) is 79.3 cm³/mol. The Morgan fingerprint density at radius 2 is 1.84 bits per heavy atom. The van der Waals surface area contributed by atoms with E-state index in [0.717, 1.165) is 23.8 Å². The highest BCUT2D eigenvalue weighted by atomic mass is 14.9. The molecule has 4 aliphatic rings. The molecule has 0 aromatic heterocycles. The fourth-order valence-corrected chi connectivity index (χ4v) is 5.82. The van der Waals surface area contributed by atoms with Gasteiger partial charge in [0, 0.05) is 6.04 Å². The smallest absolute Gasteiger partial charge is 0.0121 e. The van der Waals surface area contributed by atoms with Gasteiger partial charge in [-0.05, 0) is 74.8 Å². The van der Waals surface area contributed by atoms with Crippen LogP contribution in [0.15, 0.2) is 24.3 Å². The molecule has 1 aromatic carbocycles. The molecule has 2 unspecified atom stereocenters. The Labute approximate surface area is 116 Å². The third kappa shape index (κ3) is 1.71. The van der Waals surface area contributed by atoms with Crippen molar-refractivity contribution in [2.24, 2.45) is 17.8 Å². The summed E-state index contributed by atoms with van der Waals surface area (Å²) >= 11 is 0. The highest BCUT2D eigenvalue weighted by Gasteiger charge is 2.55. The minimum absolute atomic E-state index is 0.524. The maximum Gasteiger partial charge on any atom is 0.0121 e. The summed E-state index contributed by atoms with van der Waals surface area (Å²) in [6, 6.07) is 10.2. The van der Waals surface area contributed by atoms with E-state index in [4.69, 9.17) is 0 Å². The Kier molecular flexibility index (Phi) is 2.57. The Hall–Kier alpha value is -0.820. The van der Waals surface area contributed by atoms with Crippen LogP contribution in [0.5, 0.6) is 0 Å². The molecular formula is C18H25N. The summed E-state index contributed by atoms with van der Waals surface area (Å²) < 4.78 is 0. The number of hydrogen-bond acceptors (Lipinski definition) is 1. The zero-order valence-electron chi connectivity index (χ0n) is 12.2. The molecule has 2 atom stereocenters. The Balaban J connectivity index is 1.73. The van der Waals surface area contributed by atoms with Crippen molar-refractivity contribution in [3.05, 3.63) is 35.4 Å². The minimum Gasteiger partial charge on any atom is -0.316 e. The molecule has 4 aliphatic carbocycles. The summed E-state index contributed by atoms with van der Waals surface area (Å²) in [4.78, 5) is 0. The third-order valence-electron chi connectivity index (χ3n) is 6.24. The van der Waals surface area contributed by atoms with E-state index in [1.165, 1.54) is 37.7 Å². The van der Waals surface area contributed by atoms with E-state index in [1.807, 2.05) is 0 Å². The molecule has 1 aromatic rings. The Morgan fingerprint density at radius 3 is 2.47 bits per heavy atom. The van der Waals surface area contributed by atoms with Crippen LogP contribution in [0.25, 0.3) is 0 Å². The molecule has 0 aliphatic heterocycles. The van der Waals surface area contributed by atoms with Gasteiger partial charge in [0.15, 0.2) is 0 Å². The second-order valence-electron chi connectivity index (χ2n) is 7.43. The monoisotopic (exact) mass is 255 g/mol. The van der Waals surface area contributed by atoms with Crippen molar-refractivity contribution in [1.82, 2.24) is 5.32 Å². The van der Waals surface area contributed by atoms with Gasteiger partial charge in [-0.3, -0.25) is 0 Å². The first-order valence-corrected chi connectivity index (χ1v) is 7.95. The molecule has 0 saturated heterocycles. The Bertz CT molecular complexity index is 476. The molecule has 0 radical (unpaired) electrons.